The average Bonchev–Trinajstić information content (AvgIpc) is 2.06. The molecule has 0 fully saturated rings. The van der Waals surface area contributed by atoms with E-state index < -0.39 is 21.2 Å². The van der Waals surface area contributed by atoms with E-state index in [0.29, 0.717) is 11.1 Å². The first kappa shape index (κ1) is 12.3. The molecule has 1 rings (SSSR count). The van der Waals surface area contributed by atoms with Gasteiger partial charge in [0, 0.05) is 0 Å². The third-order valence-corrected chi connectivity index (χ3v) is 3.69. The molecular weight excluding hydrogens is 240 g/mol. The second-order valence-electron chi connectivity index (χ2n) is 3.09. The van der Waals surface area contributed by atoms with Gasteiger partial charge in [0.05, 0.1) is 9.79 Å². The van der Waals surface area contributed by atoms with Crippen LogP contribution in [0.2, 0.25) is 0 Å². The summed E-state index contributed by atoms with van der Waals surface area (Å²) in [6, 6.07) is 2.40. The van der Waals surface area contributed by atoms with Crippen molar-refractivity contribution in [2.75, 3.05) is 0 Å². The summed E-state index contributed by atoms with van der Waals surface area (Å²) in [7, 11) is -4.36. The predicted molar refractivity (Wildman–Crippen MR) is 54.8 cm³/mol. The van der Waals surface area contributed by atoms with E-state index in [2.05, 4.69) is 0 Å². The molecule has 0 amide bonds. The fraction of sp³-hybridized carbons (Fsp3) is 0.250. The van der Waals surface area contributed by atoms with Crippen molar-refractivity contribution in [1.29, 1.82) is 0 Å². The molecule has 0 saturated heterocycles. The largest absolute Gasteiger partial charge is 0.302 e. The molecule has 0 aliphatic heterocycles. The molecule has 15 heavy (non-hydrogen) atoms. The van der Waals surface area contributed by atoms with E-state index in [-0.39, 0.29) is 9.79 Å². The zero-order chi connectivity index (χ0) is 11.8. The quantitative estimate of drug-likeness (QED) is 0.606. The Balaban J connectivity index is 3.59. The summed E-state index contributed by atoms with van der Waals surface area (Å²) in [6.45, 7) is 3.11. The predicted octanol–water partition coefficient (Wildman–Crippen LogP) is 1.13. The Labute approximate surface area is 90.2 Å². The van der Waals surface area contributed by atoms with Crippen LogP contribution < -0.4 is 0 Å². The first-order chi connectivity index (χ1) is 6.73. The van der Waals surface area contributed by atoms with E-state index in [4.69, 9.17) is 9.11 Å². The van der Waals surface area contributed by atoms with Gasteiger partial charge >= 0.3 is 0 Å². The zero-order valence-corrected chi connectivity index (χ0v) is 9.72. The van der Waals surface area contributed by atoms with Crippen molar-refractivity contribution in [1.82, 2.24) is 0 Å². The van der Waals surface area contributed by atoms with Gasteiger partial charge in [0.1, 0.15) is 0 Å². The van der Waals surface area contributed by atoms with Crippen molar-refractivity contribution in [3.05, 3.63) is 23.3 Å². The molecule has 0 bridgehead atoms. The van der Waals surface area contributed by atoms with Gasteiger partial charge in [-0.3, -0.25) is 4.55 Å². The first-order valence-electron chi connectivity index (χ1n) is 3.93. The van der Waals surface area contributed by atoms with Gasteiger partial charge in [-0.05, 0) is 37.1 Å². The smallest absolute Gasteiger partial charge is 0.294 e. The van der Waals surface area contributed by atoms with E-state index in [9.17, 15) is 12.6 Å². The molecule has 84 valence electrons. The highest BCUT2D eigenvalue weighted by atomic mass is 32.2. The highest BCUT2D eigenvalue weighted by Gasteiger charge is 2.17. The fourth-order valence-corrected chi connectivity index (χ4v) is 2.56. The minimum Gasteiger partial charge on any atom is -0.302 e. The normalized spacial score (nSPS) is 13.9. The zero-order valence-electron chi connectivity index (χ0n) is 8.09. The monoisotopic (exact) mass is 250 g/mol. The van der Waals surface area contributed by atoms with Crippen LogP contribution >= 0.6 is 0 Å². The summed E-state index contributed by atoms with van der Waals surface area (Å²) in [4.78, 5) is -0.384. The van der Waals surface area contributed by atoms with Crippen molar-refractivity contribution in [3.63, 3.8) is 0 Å². The average molecular weight is 250 g/mol. The number of benzene rings is 1. The maximum absolute atomic E-state index is 11.0. The van der Waals surface area contributed by atoms with Gasteiger partial charge in [0.2, 0.25) is 0 Å². The van der Waals surface area contributed by atoms with Crippen LogP contribution in [0.5, 0.6) is 0 Å². The van der Waals surface area contributed by atoms with Crippen LogP contribution in [-0.4, -0.2) is 21.7 Å². The third-order valence-electron chi connectivity index (χ3n) is 2.07. The molecule has 0 spiro atoms. The van der Waals surface area contributed by atoms with E-state index in [0.717, 1.165) is 6.07 Å². The van der Waals surface area contributed by atoms with Crippen molar-refractivity contribution in [2.45, 2.75) is 23.6 Å². The molecule has 0 aliphatic rings. The van der Waals surface area contributed by atoms with E-state index >= 15 is 0 Å². The van der Waals surface area contributed by atoms with Crippen molar-refractivity contribution in [2.24, 2.45) is 0 Å². The Hall–Kier alpha value is -0.760. The molecular formula is C8H10O5S2. The molecule has 1 unspecified atom stereocenters. The first-order valence-corrected chi connectivity index (χ1v) is 6.47. The maximum Gasteiger partial charge on any atom is 0.294 e. The second kappa shape index (κ2) is 4.01. The molecule has 1 atom stereocenters. The molecule has 0 aliphatic carbocycles. The van der Waals surface area contributed by atoms with Gasteiger partial charge in [-0.2, -0.15) is 8.42 Å². The Bertz CT molecular complexity index is 518. The lowest BCUT2D eigenvalue weighted by molar-refractivity contribution is 0.482. The van der Waals surface area contributed by atoms with Crippen molar-refractivity contribution in [3.8, 4) is 0 Å². The van der Waals surface area contributed by atoms with Crippen LogP contribution in [0, 0.1) is 13.8 Å². The minimum absolute atomic E-state index is 0.0503. The summed E-state index contributed by atoms with van der Waals surface area (Å²) in [5.74, 6) is 0. The van der Waals surface area contributed by atoms with Gasteiger partial charge in [0.25, 0.3) is 10.1 Å². The highest BCUT2D eigenvalue weighted by molar-refractivity contribution is 7.86. The van der Waals surface area contributed by atoms with Gasteiger partial charge < -0.3 is 4.55 Å². The minimum atomic E-state index is -4.36. The van der Waals surface area contributed by atoms with Gasteiger partial charge in [-0.15, -0.1) is 0 Å². The summed E-state index contributed by atoms with van der Waals surface area (Å²) in [5.41, 5.74) is 0.897. The maximum atomic E-state index is 11.0. The van der Waals surface area contributed by atoms with Crippen LogP contribution in [0.25, 0.3) is 0 Å². The van der Waals surface area contributed by atoms with Crippen molar-refractivity contribution < 1.29 is 21.7 Å². The van der Waals surface area contributed by atoms with Crippen LogP contribution in [0.15, 0.2) is 21.9 Å². The molecule has 0 saturated carbocycles. The lowest BCUT2D eigenvalue weighted by Crippen LogP contribution is -2.04. The molecule has 5 nitrogen and oxygen atoms in total. The molecule has 7 heteroatoms. The number of hydrogen-bond donors (Lipinski definition) is 2. The van der Waals surface area contributed by atoms with Crippen LogP contribution in [-0.2, 0) is 21.2 Å². The summed E-state index contributed by atoms with van der Waals surface area (Å²) >= 11 is -2.27. The van der Waals surface area contributed by atoms with E-state index in [1.54, 1.807) is 6.92 Å². The van der Waals surface area contributed by atoms with Crippen molar-refractivity contribution >= 4 is 21.2 Å². The Morgan fingerprint density at radius 1 is 1.27 bits per heavy atom. The van der Waals surface area contributed by atoms with Crippen LogP contribution in [0.1, 0.15) is 11.1 Å². The number of hydrogen-bond acceptors (Lipinski definition) is 3. The van der Waals surface area contributed by atoms with Gasteiger partial charge in [0.15, 0.2) is 11.1 Å². The molecule has 0 aromatic heterocycles. The third kappa shape index (κ3) is 2.63. The number of rotatable bonds is 2. The van der Waals surface area contributed by atoms with E-state index in [1.807, 2.05) is 0 Å². The summed E-state index contributed by atoms with van der Waals surface area (Å²) in [5, 5.41) is 0. The highest BCUT2D eigenvalue weighted by Crippen LogP contribution is 2.22. The molecule has 1 aromatic rings. The van der Waals surface area contributed by atoms with Gasteiger partial charge in [-0.25, -0.2) is 4.21 Å². The molecule has 1 aromatic carbocycles. The Morgan fingerprint density at radius 2 is 1.80 bits per heavy atom. The molecule has 0 heterocycles. The Morgan fingerprint density at radius 3 is 2.20 bits per heavy atom. The molecule has 0 radical (unpaired) electrons. The second-order valence-corrected chi connectivity index (χ2v) is 5.45. The topological polar surface area (TPSA) is 91.7 Å². The van der Waals surface area contributed by atoms with E-state index in [1.165, 1.54) is 13.0 Å². The Kier molecular flexibility index (Phi) is 3.29. The summed E-state index contributed by atoms with van der Waals surface area (Å²) in [6.07, 6.45) is 0. The number of aryl methyl sites for hydroxylation is 1. The van der Waals surface area contributed by atoms with Crippen LogP contribution in [0.3, 0.4) is 0 Å². The van der Waals surface area contributed by atoms with Crippen LogP contribution in [0.4, 0.5) is 0 Å². The lowest BCUT2D eigenvalue weighted by atomic mass is 10.1. The summed E-state index contributed by atoms with van der Waals surface area (Å²) < 4.78 is 50.4. The molecule has 2 N–H and O–H groups in total. The SMILES string of the molecule is Cc1cc(S(=O)O)cc(S(=O)(=O)O)c1C. The fourth-order valence-electron chi connectivity index (χ4n) is 1.16. The van der Waals surface area contributed by atoms with Gasteiger partial charge in [-0.1, -0.05) is 0 Å². The lowest BCUT2D eigenvalue weighted by Gasteiger charge is -2.07. The standard InChI is InChI=1S/C8H10O5S2/c1-5-3-7(14(9)10)4-8(6(5)2)15(11,12)13/h3-4H,1-2H3,(H,9,10)(H,11,12,13).